The van der Waals surface area contributed by atoms with E-state index in [1.54, 1.807) is 0 Å². The molecule has 0 aromatic heterocycles. The average Bonchev–Trinajstić information content (AvgIpc) is 2.38. The van der Waals surface area contributed by atoms with Gasteiger partial charge in [-0.15, -0.1) is 0 Å². The lowest BCUT2D eigenvalue weighted by Gasteiger charge is -2.50. The van der Waals surface area contributed by atoms with Gasteiger partial charge < -0.3 is 9.84 Å². The molecule has 1 heterocycles. The molecule has 0 radical (unpaired) electrons. The minimum atomic E-state index is -0.858. The standard InChI is InChI=1S/C16H27NO2/c1-12(2)14-10-16(18,7-8-19-14)15(11-17)6-4-5-13(3)9-15/h12-14,18H,4-10H2,1-3H3. The van der Waals surface area contributed by atoms with Crippen molar-refractivity contribution in [1.29, 1.82) is 5.26 Å². The number of nitriles is 1. The number of hydrogen-bond donors (Lipinski definition) is 1. The predicted molar refractivity (Wildman–Crippen MR) is 74.4 cm³/mol. The Hall–Kier alpha value is -0.590. The maximum Gasteiger partial charge on any atom is 0.0880 e. The molecule has 2 rings (SSSR count). The maximum atomic E-state index is 11.2. The molecule has 108 valence electrons. The first kappa shape index (κ1) is 14.8. The highest BCUT2D eigenvalue weighted by molar-refractivity contribution is 5.14. The van der Waals surface area contributed by atoms with Crippen LogP contribution in [0.1, 0.15) is 59.3 Å². The van der Waals surface area contributed by atoms with Crippen molar-refractivity contribution in [2.45, 2.75) is 71.0 Å². The van der Waals surface area contributed by atoms with Gasteiger partial charge in [-0.3, -0.25) is 0 Å². The van der Waals surface area contributed by atoms with E-state index in [9.17, 15) is 10.4 Å². The van der Waals surface area contributed by atoms with Gasteiger partial charge in [0.05, 0.1) is 23.2 Å². The Balaban J connectivity index is 2.23. The summed E-state index contributed by atoms with van der Waals surface area (Å²) in [5, 5.41) is 20.9. The zero-order chi connectivity index (χ0) is 14.1. The topological polar surface area (TPSA) is 53.2 Å². The van der Waals surface area contributed by atoms with Crippen LogP contribution >= 0.6 is 0 Å². The Kier molecular flexibility index (Phi) is 4.23. The molecule has 1 N–H and O–H groups in total. The average molecular weight is 265 g/mol. The van der Waals surface area contributed by atoms with Crippen LogP contribution in [-0.4, -0.2) is 23.4 Å². The Morgan fingerprint density at radius 2 is 2.05 bits per heavy atom. The Bertz CT molecular complexity index is 362. The molecule has 2 fully saturated rings. The van der Waals surface area contributed by atoms with Crippen molar-refractivity contribution in [1.82, 2.24) is 0 Å². The lowest BCUT2D eigenvalue weighted by atomic mass is 9.58. The Morgan fingerprint density at radius 1 is 1.32 bits per heavy atom. The molecule has 1 saturated heterocycles. The molecular formula is C16H27NO2. The molecule has 0 aromatic rings. The molecule has 2 aliphatic rings. The Labute approximate surface area is 117 Å². The molecule has 19 heavy (non-hydrogen) atoms. The molecule has 4 atom stereocenters. The smallest absolute Gasteiger partial charge is 0.0880 e. The third kappa shape index (κ3) is 2.66. The van der Waals surface area contributed by atoms with E-state index in [4.69, 9.17) is 4.74 Å². The molecule has 0 aromatic carbocycles. The van der Waals surface area contributed by atoms with E-state index >= 15 is 0 Å². The van der Waals surface area contributed by atoms with Crippen LogP contribution in [0.3, 0.4) is 0 Å². The minimum Gasteiger partial charge on any atom is -0.388 e. The quantitative estimate of drug-likeness (QED) is 0.833. The molecule has 3 nitrogen and oxygen atoms in total. The summed E-state index contributed by atoms with van der Waals surface area (Å²) < 4.78 is 5.77. The zero-order valence-corrected chi connectivity index (χ0v) is 12.5. The van der Waals surface area contributed by atoms with Crippen LogP contribution in [-0.2, 0) is 4.74 Å². The third-order valence-electron chi connectivity index (χ3n) is 5.23. The van der Waals surface area contributed by atoms with Gasteiger partial charge in [0, 0.05) is 19.4 Å². The number of hydrogen-bond acceptors (Lipinski definition) is 3. The van der Waals surface area contributed by atoms with Crippen LogP contribution in [0.25, 0.3) is 0 Å². The van der Waals surface area contributed by atoms with Gasteiger partial charge in [0.2, 0.25) is 0 Å². The van der Waals surface area contributed by atoms with Crippen molar-refractivity contribution in [3.05, 3.63) is 0 Å². The molecule has 1 saturated carbocycles. The summed E-state index contributed by atoms with van der Waals surface area (Å²) >= 11 is 0. The van der Waals surface area contributed by atoms with Crippen LogP contribution in [0.15, 0.2) is 0 Å². The molecule has 4 unspecified atom stereocenters. The fourth-order valence-electron chi connectivity index (χ4n) is 3.92. The number of nitrogens with zero attached hydrogens (tertiary/aromatic N) is 1. The van der Waals surface area contributed by atoms with Crippen LogP contribution in [0.2, 0.25) is 0 Å². The van der Waals surface area contributed by atoms with Crippen molar-refractivity contribution in [3.63, 3.8) is 0 Å². The molecule has 3 heteroatoms. The zero-order valence-electron chi connectivity index (χ0n) is 12.5. The number of rotatable bonds is 2. The summed E-state index contributed by atoms with van der Waals surface area (Å²) in [6.07, 6.45) is 5.23. The minimum absolute atomic E-state index is 0.0845. The summed E-state index contributed by atoms with van der Waals surface area (Å²) in [5.74, 6) is 0.932. The normalized spacial score (nSPS) is 44.0. The van der Waals surface area contributed by atoms with Gasteiger partial charge in [-0.2, -0.15) is 5.26 Å². The second-order valence-electron chi connectivity index (χ2n) is 7.03. The summed E-state index contributed by atoms with van der Waals surface area (Å²) in [6.45, 7) is 7.03. The van der Waals surface area contributed by atoms with Crippen LogP contribution < -0.4 is 0 Å². The van der Waals surface area contributed by atoms with E-state index in [0.29, 0.717) is 31.3 Å². The first-order valence-electron chi connectivity index (χ1n) is 7.68. The van der Waals surface area contributed by atoms with Crippen LogP contribution in [0, 0.1) is 28.6 Å². The predicted octanol–water partition coefficient (Wildman–Crippen LogP) is 3.27. The summed E-state index contributed by atoms with van der Waals surface area (Å²) in [4.78, 5) is 0. The highest BCUT2D eigenvalue weighted by Crippen LogP contribution is 2.51. The van der Waals surface area contributed by atoms with Crippen molar-refractivity contribution < 1.29 is 9.84 Å². The first-order chi connectivity index (χ1) is 8.92. The van der Waals surface area contributed by atoms with Gasteiger partial charge in [-0.25, -0.2) is 0 Å². The van der Waals surface area contributed by atoms with Gasteiger partial charge in [0.25, 0.3) is 0 Å². The van der Waals surface area contributed by atoms with E-state index in [-0.39, 0.29) is 6.10 Å². The van der Waals surface area contributed by atoms with Crippen molar-refractivity contribution in [2.75, 3.05) is 6.61 Å². The summed E-state index contributed by atoms with van der Waals surface area (Å²) in [5.41, 5.74) is -1.41. The SMILES string of the molecule is CC1CCCC(C#N)(C2(O)CCOC(C(C)C)C2)C1. The monoisotopic (exact) mass is 265 g/mol. The van der Waals surface area contributed by atoms with Gasteiger partial charge in [-0.1, -0.05) is 33.6 Å². The second kappa shape index (κ2) is 5.42. The Morgan fingerprint density at radius 3 is 2.63 bits per heavy atom. The van der Waals surface area contributed by atoms with E-state index < -0.39 is 11.0 Å². The van der Waals surface area contributed by atoms with Crippen LogP contribution in [0.4, 0.5) is 0 Å². The van der Waals surface area contributed by atoms with Gasteiger partial charge in [-0.05, 0) is 24.7 Å². The van der Waals surface area contributed by atoms with Crippen molar-refractivity contribution >= 4 is 0 Å². The fraction of sp³-hybridized carbons (Fsp3) is 0.938. The van der Waals surface area contributed by atoms with Crippen molar-refractivity contribution in [2.24, 2.45) is 17.3 Å². The second-order valence-corrected chi connectivity index (χ2v) is 7.03. The first-order valence-corrected chi connectivity index (χ1v) is 7.68. The fourth-order valence-corrected chi connectivity index (χ4v) is 3.92. The van der Waals surface area contributed by atoms with Gasteiger partial charge in [0.15, 0.2) is 0 Å². The lowest BCUT2D eigenvalue weighted by molar-refractivity contribution is -0.171. The molecule has 1 aliphatic carbocycles. The summed E-state index contributed by atoms with van der Waals surface area (Å²) in [6, 6.07) is 2.51. The largest absolute Gasteiger partial charge is 0.388 e. The highest BCUT2D eigenvalue weighted by Gasteiger charge is 2.54. The van der Waals surface area contributed by atoms with Crippen LogP contribution in [0.5, 0.6) is 0 Å². The maximum absolute atomic E-state index is 11.2. The third-order valence-corrected chi connectivity index (χ3v) is 5.23. The van der Waals surface area contributed by atoms with Gasteiger partial charge in [0.1, 0.15) is 0 Å². The van der Waals surface area contributed by atoms with E-state index in [1.807, 2.05) is 0 Å². The summed E-state index contributed by atoms with van der Waals surface area (Å²) in [7, 11) is 0. The van der Waals surface area contributed by atoms with Crippen molar-refractivity contribution in [3.8, 4) is 6.07 Å². The molecule has 0 bridgehead atoms. The number of aliphatic hydroxyl groups is 1. The molecule has 0 amide bonds. The molecule has 1 aliphatic heterocycles. The highest BCUT2D eigenvalue weighted by atomic mass is 16.5. The lowest BCUT2D eigenvalue weighted by Crippen LogP contribution is -2.55. The van der Waals surface area contributed by atoms with E-state index in [2.05, 4.69) is 26.8 Å². The molecule has 0 spiro atoms. The van der Waals surface area contributed by atoms with Gasteiger partial charge >= 0.3 is 0 Å². The number of ether oxygens (including phenoxy) is 1. The van der Waals surface area contributed by atoms with E-state index in [1.165, 1.54) is 6.42 Å². The molecular weight excluding hydrogens is 238 g/mol. The van der Waals surface area contributed by atoms with E-state index in [0.717, 1.165) is 19.3 Å².